The summed E-state index contributed by atoms with van der Waals surface area (Å²) in [6.07, 6.45) is 1.75. The van der Waals surface area contributed by atoms with E-state index >= 15 is 0 Å². The van der Waals surface area contributed by atoms with Gasteiger partial charge in [0.25, 0.3) is 0 Å². The van der Waals surface area contributed by atoms with Gasteiger partial charge in [0.05, 0.1) is 22.9 Å². The summed E-state index contributed by atoms with van der Waals surface area (Å²) >= 11 is 0. The van der Waals surface area contributed by atoms with Crippen LogP contribution in [0, 0.1) is 13.8 Å². The summed E-state index contributed by atoms with van der Waals surface area (Å²) in [6.45, 7) is 3.98. The lowest BCUT2D eigenvalue weighted by molar-refractivity contribution is 0.805. The van der Waals surface area contributed by atoms with E-state index in [4.69, 9.17) is 0 Å². The molecule has 0 spiro atoms. The molecule has 3 rings (SSSR count). The van der Waals surface area contributed by atoms with Crippen LogP contribution in [0.2, 0.25) is 0 Å². The average molecular weight is 224 g/mol. The average Bonchev–Trinajstić information content (AvgIpc) is 2.68. The van der Waals surface area contributed by atoms with Crippen LogP contribution in [-0.2, 0) is 0 Å². The Kier molecular flexibility index (Phi) is 2.14. The minimum Gasteiger partial charge on any atom is -0.251 e. The Bertz CT molecular complexity index is 685. The lowest BCUT2D eigenvalue weighted by Crippen LogP contribution is -2.02. The van der Waals surface area contributed by atoms with Gasteiger partial charge in [-0.15, -0.1) is 0 Å². The van der Waals surface area contributed by atoms with Gasteiger partial charge in [-0.2, -0.15) is 5.10 Å². The first-order valence-corrected chi connectivity index (χ1v) is 5.49. The molecule has 0 atom stereocenters. The number of para-hydroxylation sites is 2. The summed E-state index contributed by atoms with van der Waals surface area (Å²) in [5.41, 5.74) is 3.83. The predicted molar refractivity (Wildman–Crippen MR) is 66.1 cm³/mol. The highest BCUT2D eigenvalue weighted by Gasteiger charge is 2.06. The molecule has 0 fully saturated rings. The molecule has 0 amide bonds. The summed E-state index contributed by atoms with van der Waals surface area (Å²) in [7, 11) is 0. The molecular formula is C13H12N4. The molecular weight excluding hydrogens is 212 g/mol. The number of hydrogen-bond acceptors (Lipinski definition) is 3. The van der Waals surface area contributed by atoms with E-state index in [0.29, 0.717) is 0 Å². The molecule has 1 aromatic carbocycles. The maximum absolute atomic E-state index is 4.56. The van der Waals surface area contributed by atoms with E-state index in [0.717, 1.165) is 28.2 Å². The van der Waals surface area contributed by atoms with E-state index in [2.05, 4.69) is 15.1 Å². The molecule has 0 saturated heterocycles. The molecule has 0 aliphatic heterocycles. The van der Waals surface area contributed by atoms with Crippen molar-refractivity contribution in [2.75, 3.05) is 0 Å². The van der Waals surface area contributed by atoms with Crippen LogP contribution in [0.1, 0.15) is 11.4 Å². The molecule has 0 bridgehead atoms. The molecule has 2 heterocycles. The van der Waals surface area contributed by atoms with Crippen LogP contribution < -0.4 is 0 Å². The Balaban J connectivity index is 2.21. The maximum Gasteiger partial charge on any atom is 0.172 e. The molecule has 0 aliphatic rings. The molecule has 2 aromatic heterocycles. The molecule has 4 nitrogen and oxygen atoms in total. The fourth-order valence-electron chi connectivity index (χ4n) is 1.91. The molecule has 0 N–H and O–H groups in total. The smallest absolute Gasteiger partial charge is 0.172 e. The van der Waals surface area contributed by atoms with Gasteiger partial charge < -0.3 is 0 Å². The first kappa shape index (κ1) is 9.96. The van der Waals surface area contributed by atoms with Gasteiger partial charge in [0.1, 0.15) is 0 Å². The first-order chi connectivity index (χ1) is 8.24. The number of hydrogen-bond donors (Lipinski definition) is 0. The number of aryl methyl sites for hydroxylation is 2. The van der Waals surface area contributed by atoms with Crippen molar-refractivity contribution in [3.63, 3.8) is 0 Å². The van der Waals surface area contributed by atoms with Crippen LogP contribution in [-0.4, -0.2) is 19.7 Å². The van der Waals surface area contributed by atoms with Gasteiger partial charge in [0, 0.05) is 5.69 Å². The fourth-order valence-corrected chi connectivity index (χ4v) is 1.91. The van der Waals surface area contributed by atoms with Crippen molar-refractivity contribution < 1.29 is 0 Å². The van der Waals surface area contributed by atoms with Crippen molar-refractivity contribution in [2.24, 2.45) is 0 Å². The van der Waals surface area contributed by atoms with Crippen molar-refractivity contribution in [3.05, 3.63) is 47.9 Å². The molecule has 0 aliphatic carbocycles. The van der Waals surface area contributed by atoms with Crippen LogP contribution in [0.4, 0.5) is 0 Å². The van der Waals surface area contributed by atoms with Crippen molar-refractivity contribution in [2.45, 2.75) is 13.8 Å². The monoisotopic (exact) mass is 224 g/mol. The van der Waals surface area contributed by atoms with Crippen LogP contribution in [0.3, 0.4) is 0 Å². The Morgan fingerprint density at radius 2 is 1.82 bits per heavy atom. The molecule has 0 saturated carbocycles. The Hall–Kier alpha value is -2.23. The van der Waals surface area contributed by atoms with Gasteiger partial charge in [0.15, 0.2) is 5.82 Å². The van der Waals surface area contributed by atoms with E-state index < -0.39 is 0 Å². The van der Waals surface area contributed by atoms with Gasteiger partial charge >= 0.3 is 0 Å². The van der Waals surface area contributed by atoms with Gasteiger partial charge in [0.2, 0.25) is 0 Å². The van der Waals surface area contributed by atoms with Crippen LogP contribution in [0.25, 0.3) is 16.9 Å². The molecule has 17 heavy (non-hydrogen) atoms. The molecule has 3 aromatic rings. The van der Waals surface area contributed by atoms with E-state index in [1.165, 1.54) is 0 Å². The number of benzene rings is 1. The predicted octanol–water partition coefficient (Wildman–Crippen LogP) is 2.43. The number of nitrogens with zero attached hydrogens (tertiary/aromatic N) is 4. The van der Waals surface area contributed by atoms with Crippen molar-refractivity contribution in [1.82, 2.24) is 19.7 Å². The Labute approximate surface area is 98.9 Å². The normalized spacial score (nSPS) is 10.9. The van der Waals surface area contributed by atoms with E-state index in [-0.39, 0.29) is 0 Å². The first-order valence-electron chi connectivity index (χ1n) is 5.49. The third-order valence-electron chi connectivity index (χ3n) is 2.66. The molecule has 0 radical (unpaired) electrons. The zero-order valence-corrected chi connectivity index (χ0v) is 9.75. The summed E-state index contributed by atoms with van der Waals surface area (Å²) in [6, 6.07) is 9.85. The summed E-state index contributed by atoms with van der Waals surface area (Å²) in [4.78, 5) is 8.94. The fraction of sp³-hybridized carbons (Fsp3) is 0.154. The van der Waals surface area contributed by atoms with Crippen LogP contribution in [0.15, 0.2) is 36.5 Å². The quantitative estimate of drug-likeness (QED) is 0.637. The standard InChI is InChI=1S/C13H12N4/c1-9-7-10(2)17(16-9)13-8-14-11-5-3-4-6-12(11)15-13/h3-8H,1-2H3. The van der Waals surface area contributed by atoms with E-state index in [9.17, 15) is 0 Å². The van der Waals surface area contributed by atoms with Crippen LogP contribution >= 0.6 is 0 Å². The maximum atomic E-state index is 4.56. The second kappa shape index (κ2) is 3.66. The SMILES string of the molecule is Cc1cc(C)n(-c2cnc3ccccc3n2)n1. The second-order valence-corrected chi connectivity index (χ2v) is 4.06. The summed E-state index contributed by atoms with van der Waals surface area (Å²) < 4.78 is 1.81. The summed E-state index contributed by atoms with van der Waals surface area (Å²) in [5.74, 6) is 0.759. The molecule has 4 heteroatoms. The zero-order chi connectivity index (χ0) is 11.8. The number of aromatic nitrogens is 4. The lowest BCUT2D eigenvalue weighted by Gasteiger charge is -2.03. The third kappa shape index (κ3) is 1.67. The Morgan fingerprint density at radius 1 is 1.06 bits per heavy atom. The largest absolute Gasteiger partial charge is 0.251 e. The van der Waals surface area contributed by atoms with E-state index in [1.54, 1.807) is 6.20 Å². The van der Waals surface area contributed by atoms with Gasteiger partial charge in [-0.25, -0.2) is 9.67 Å². The second-order valence-electron chi connectivity index (χ2n) is 4.06. The third-order valence-corrected chi connectivity index (χ3v) is 2.66. The van der Waals surface area contributed by atoms with Gasteiger partial charge in [-0.05, 0) is 32.0 Å². The minimum absolute atomic E-state index is 0.759. The molecule has 0 unspecified atom stereocenters. The van der Waals surface area contributed by atoms with Crippen molar-refractivity contribution in [3.8, 4) is 5.82 Å². The number of fused-ring (bicyclic) bond motifs is 1. The summed E-state index contributed by atoms with van der Waals surface area (Å²) in [5, 5.41) is 4.40. The highest BCUT2D eigenvalue weighted by Crippen LogP contribution is 2.13. The Morgan fingerprint density at radius 3 is 2.53 bits per heavy atom. The van der Waals surface area contributed by atoms with Gasteiger partial charge in [-0.1, -0.05) is 12.1 Å². The number of rotatable bonds is 1. The van der Waals surface area contributed by atoms with Crippen molar-refractivity contribution in [1.29, 1.82) is 0 Å². The minimum atomic E-state index is 0.759. The van der Waals surface area contributed by atoms with Gasteiger partial charge in [-0.3, -0.25) is 4.98 Å². The van der Waals surface area contributed by atoms with Crippen LogP contribution in [0.5, 0.6) is 0 Å². The zero-order valence-electron chi connectivity index (χ0n) is 9.75. The van der Waals surface area contributed by atoms with Crippen molar-refractivity contribution >= 4 is 11.0 Å². The highest BCUT2D eigenvalue weighted by atomic mass is 15.3. The van der Waals surface area contributed by atoms with E-state index in [1.807, 2.05) is 48.9 Å². The highest BCUT2D eigenvalue weighted by molar-refractivity contribution is 5.74. The lowest BCUT2D eigenvalue weighted by atomic mass is 10.3. The topological polar surface area (TPSA) is 43.6 Å². The molecule has 84 valence electrons.